The molecule has 23 heavy (non-hydrogen) atoms. The van der Waals surface area contributed by atoms with Gasteiger partial charge in [-0.05, 0) is 24.6 Å². The molecule has 2 heterocycles. The van der Waals surface area contributed by atoms with Gasteiger partial charge in [0.15, 0.2) is 0 Å². The minimum Gasteiger partial charge on any atom is -0.378 e. The van der Waals surface area contributed by atoms with Gasteiger partial charge >= 0.3 is 6.03 Å². The molecule has 3 amide bonds. The van der Waals surface area contributed by atoms with Crippen molar-refractivity contribution >= 4 is 27.9 Å². The van der Waals surface area contributed by atoms with Crippen molar-refractivity contribution in [1.82, 2.24) is 15.5 Å². The quantitative estimate of drug-likeness (QED) is 0.824. The average Bonchev–Trinajstić information content (AvgIpc) is 2.54. The van der Waals surface area contributed by atoms with Gasteiger partial charge in [-0.25, -0.2) is 4.79 Å². The van der Waals surface area contributed by atoms with Crippen LogP contribution < -0.4 is 10.6 Å². The molecule has 1 fully saturated rings. The summed E-state index contributed by atoms with van der Waals surface area (Å²) < 4.78 is 6.21. The van der Waals surface area contributed by atoms with Crippen LogP contribution in [0.3, 0.4) is 0 Å². The van der Waals surface area contributed by atoms with Crippen LogP contribution in [0.5, 0.6) is 0 Å². The molecule has 2 aliphatic rings. The van der Waals surface area contributed by atoms with Crippen molar-refractivity contribution in [3.8, 4) is 0 Å². The number of allylic oxidation sites excluding steroid dienone is 1. The maximum absolute atomic E-state index is 12.9. The lowest BCUT2D eigenvalue weighted by Gasteiger charge is -2.34. The number of hydrogen-bond donors (Lipinski definition) is 2. The summed E-state index contributed by atoms with van der Waals surface area (Å²) in [7, 11) is 0. The number of carbonyl (C=O) groups is 2. The largest absolute Gasteiger partial charge is 0.378 e. The van der Waals surface area contributed by atoms with Gasteiger partial charge in [0.1, 0.15) is 0 Å². The molecule has 2 N–H and O–H groups in total. The number of hydrogen-bond acceptors (Lipinski definition) is 3. The lowest BCUT2D eigenvalue weighted by Crippen LogP contribution is -2.49. The van der Waals surface area contributed by atoms with E-state index in [0.717, 1.165) is 10.0 Å². The van der Waals surface area contributed by atoms with E-state index in [1.54, 1.807) is 11.8 Å². The van der Waals surface area contributed by atoms with Crippen LogP contribution in [0.2, 0.25) is 0 Å². The van der Waals surface area contributed by atoms with Gasteiger partial charge in [0.25, 0.3) is 5.91 Å². The summed E-state index contributed by atoms with van der Waals surface area (Å²) in [5.41, 5.74) is 2.03. The van der Waals surface area contributed by atoms with Crippen molar-refractivity contribution in [2.75, 3.05) is 26.3 Å². The number of benzene rings is 1. The van der Waals surface area contributed by atoms with Gasteiger partial charge in [0.2, 0.25) is 0 Å². The van der Waals surface area contributed by atoms with Crippen molar-refractivity contribution in [2.24, 2.45) is 0 Å². The molecule has 7 heteroatoms. The normalized spacial score (nSPS) is 21.7. The van der Waals surface area contributed by atoms with Crippen LogP contribution in [-0.4, -0.2) is 43.1 Å². The van der Waals surface area contributed by atoms with Crippen molar-refractivity contribution in [1.29, 1.82) is 0 Å². The second kappa shape index (κ2) is 6.72. The minimum absolute atomic E-state index is 0.0664. The second-order valence-corrected chi connectivity index (χ2v) is 6.45. The van der Waals surface area contributed by atoms with Crippen LogP contribution >= 0.6 is 15.9 Å². The third-order valence-corrected chi connectivity index (χ3v) is 4.47. The molecule has 122 valence electrons. The van der Waals surface area contributed by atoms with E-state index in [0.29, 0.717) is 37.6 Å². The van der Waals surface area contributed by atoms with E-state index in [9.17, 15) is 9.59 Å². The van der Waals surface area contributed by atoms with Gasteiger partial charge in [-0.3, -0.25) is 4.79 Å². The topological polar surface area (TPSA) is 70.7 Å². The maximum atomic E-state index is 12.9. The number of morpholine rings is 1. The number of urea groups is 1. The number of ether oxygens (including phenoxy) is 1. The highest BCUT2D eigenvalue weighted by molar-refractivity contribution is 9.10. The van der Waals surface area contributed by atoms with Crippen molar-refractivity contribution in [3.05, 3.63) is 45.6 Å². The molecule has 0 radical (unpaired) electrons. The van der Waals surface area contributed by atoms with Gasteiger partial charge in [0, 0.05) is 23.3 Å². The average molecular weight is 380 g/mol. The van der Waals surface area contributed by atoms with Crippen LogP contribution in [0.1, 0.15) is 18.5 Å². The van der Waals surface area contributed by atoms with E-state index in [1.165, 1.54) is 0 Å². The first-order chi connectivity index (χ1) is 11.1. The molecular weight excluding hydrogens is 362 g/mol. The standard InChI is InChI=1S/C16H18BrN3O3/c1-10-13(15(21)20-5-7-23-8-6-20)14(19-16(22)18-10)11-3-2-4-12(17)9-11/h2-4,9,14H,5-8H2,1H3,(H2,18,19,22). The third-order valence-electron chi connectivity index (χ3n) is 3.98. The Morgan fingerprint density at radius 1 is 1.35 bits per heavy atom. The molecule has 0 saturated carbocycles. The fourth-order valence-electron chi connectivity index (χ4n) is 2.85. The molecular formula is C16H18BrN3O3. The van der Waals surface area contributed by atoms with Crippen LogP contribution in [-0.2, 0) is 9.53 Å². The zero-order chi connectivity index (χ0) is 16.4. The van der Waals surface area contributed by atoms with Gasteiger partial charge in [-0.15, -0.1) is 0 Å². The summed E-state index contributed by atoms with van der Waals surface area (Å²) >= 11 is 3.44. The zero-order valence-corrected chi connectivity index (χ0v) is 14.4. The minimum atomic E-state index is -0.461. The molecule has 0 bridgehead atoms. The van der Waals surface area contributed by atoms with Crippen LogP contribution in [0.4, 0.5) is 4.79 Å². The van der Waals surface area contributed by atoms with Crippen LogP contribution in [0.25, 0.3) is 0 Å². The summed E-state index contributed by atoms with van der Waals surface area (Å²) in [6.45, 7) is 3.97. The van der Waals surface area contributed by atoms with Gasteiger partial charge in [0.05, 0.1) is 24.8 Å². The first kappa shape index (κ1) is 16.0. The summed E-state index contributed by atoms with van der Waals surface area (Å²) in [6, 6.07) is 6.85. The Labute approximate surface area is 143 Å². The molecule has 1 unspecified atom stereocenters. The Balaban J connectivity index is 1.97. The van der Waals surface area contributed by atoms with E-state index in [2.05, 4.69) is 26.6 Å². The van der Waals surface area contributed by atoms with Crippen molar-refractivity contribution in [3.63, 3.8) is 0 Å². The van der Waals surface area contributed by atoms with Crippen LogP contribution in [0, 0.1) is 0 Å². The lowest BCUT2D eigenvalue weighted by molar-refractivity contribution is -0.131. The second-order valence-electron chi connectivity index (χ2n) is 5.53. The van der Waals surface area contributed by atoms with Gasteiger partial charge < -0.3 is 20.3 Å². The van der Waals surface area contributed by atoms with Crippen molar-refractivity contribution < 1.29 is 14.3 Å². The summed E-state index contributed by atoms with van der Waals surface area (Å²) in [4.78, 5) is 26.6. The molecule has 0 aliphatic carbocycles. The number of halogens is 1. The predicted octanol–water partition coefficient (Wildman–Crippen LogP) is 1.94. The van der Waals surface area contributed by atoms with E-state index >= 15 is 0 Å². The number of carbonyl (C=O) groups excluding carboxylic acids is 2. The van der Waals surface area contributed by atoms with E-state index in [4.69, 9.17) is 4.74 Å². The Hall–Kier alpha value is -1.86. The molecule has 1 saturated heterocycles. The molecule has 1 aromatic rings. The van der Waals surface area contributed by atoms with Gasteiger partial charge in [-0.2, -0.15) is 0 Å². The van der Waals surface area contributed by atoms with Crippen LogP contribution in [0.15, 0.2) is 40.0 Å². The highest BCUT2D eigenvalue weighted by atomic mass is 79.9. The smallest absolute Gasteiger partial charge is 0.319 e. The summed E-state index contributed by atoms with van der Waals surface area (Å²) in [5.74, 6) is -0.0664. The maximum Gasteiger partial charge on any atom is 0.319 e. The molecule has 1 aromatic carbocycles. The highest BCUT2D eigenvalue weighted by Crippen LogP contribution is 2.29. The SMILES string of the molecule is CC1=C(C(=O)N2CCOCC2)C(c2cccc(Br)c2)NC(=O)N1. The number of nitrogens with zero attached hydrogens (tertiary/aromatic N) is 1. The Kier molecular flexibility index (Phi) is 4.68. The monoisotopic (exact) mass is 379 g/mol. The molecule has 3 rings (SSSR count). The zero-order valence-electron chi connectivity index (χ0n) is 12.8. The van der Waals surface area contributed by atoms with Crippen molar-refractivity contribution in [2.45, 2.75) is 13.0 Å². The van der Waals surface area contributed by atoms with E-state index < -0.39 is 6.04 Å². The molecule has 2 aliphatic heterocycles. The predicted molar refractivity (Wildman–Crippen MR) is 88.6 cm³/mol. The first-order valence-electron chi connectivity index (χ1n) is 7.47. The fourth-order valence-corrected chi connectivity index (χ4v) is 3.27. The Morgan fingerprint density at radius 2 is 2.09 bits per heavy atom. The third kappa shape index (κ3) is 3.40. The van der Waals surface area contributed by atoms with E-state index in [-0.39, 0.29) is 11.9 Å². The van der Waals surface area contributed by atoms with E-state index in [1.807, 2.05) is 24.3 Å². The highest BCUT2D eigenvalue weighted by Gasteiger charge is 2.34. The molecule has 6 nitrogen and oxygen atoms in total. The summed E-state index contributed by atoms with van der Waals surface area (Å²) in [5, 5.41) is 5.56. The molecule has 0 aromatic heterocycles. The first-order valence-corrected chi connectivity index (χ1v) is 8.26. The fraction of sp³-hybridized carbons (Fsp3) is 0.375. The Morgan fingerprint density at radius 3 is 2.78 bits per heavy atom. The Bertz CT molecular complexity index is 668. The molecule has 0 spiro atoms. The molecule has 1 atom stereocenters. The number of amides is 3. The van der Waals surface area contributed by atoms with Gasteiger partial charge in [-0.1, -0.05) is 28.1 Å². The summed E-state index contributed by atoms with van der Waals surface area (Å²) in [6.07, 6.45) is 0. The number of rotatable bonds is 2. The lowest BCUT2D eigenvalue weighted by atomic mass is 9.94. The number of nitrogens with one attached hydrogen (secondary N) is 2.